The minimum absolute atomic E-state index is 0.0509. The predicted octanol–water partition coefficient (Wildman–Crippen LogP) is -0.220. The van der Waals surface area contributed by atoms with Gasteiger partial charge >= 0.3 is 11.9 Å². The lowest BCUT2D eigenvalue weighted by Gasteiger charge is -2.43. The van der Waals surface area contributed by atoms with Crippen molar-refractivity contribution in [2.45, 2.75) is 23.9 Å². The molecule has 3 unspecified atom stereocenters. The summed E-state index contributed by atoms with van der Waals surface area (Å²) in [6.45, 7) is 0. The SMILES string of the molecule is O=C(Cc1cccc(C(=O)O)c1)NC1C(=O)N2C(C(=O)O)CSC12. The molecule has 0 aliphatic carbocycles. The number of rotatable bonds is 5. The van der Waals surface area contributed by atoms with Crippen LogP contribution in [0.5, 0.6) is 0 Å². The van der Waals surface area contributed by atoms with Gasteiger partial charge in [0.1, 0.15) is 17.5 Å². The number of fused-ring (bicyclic) bond motifs is 1. The summed E-state index contributed by atoms with van der Waals surface area (Å²) in [5.74, 6) is -2.63. The number of carbonyl (C=O) groups excluding carboxylic acids is 2. The van der Waals surface area contributed by atoms with Crippen molar-refractivity contribution < 1.29 is 29.4 Å². The van der Waals surface area contributed by atoms with Gasteiger partial charge in [-0.25, -0.2) is 9.59 Å². The van der Waals surface area contributed by atoms with Crippen molar-refractivity contribution in [3.05, 3.63) is 35.4 Å². The third-order valence-electron chi connectivity index (χ3n) is 3.98. The molecule has 8 nitrogen and oxygen atoms in total. The zero-order chi connectivity index (χ0) is 17.4. The minimum atomic E-state index is -1.08. The maximum absolute atomic E-state index is 12.1. The Labute approximate surface area is 140 Å². The van der Waals surface area contributed by atoms with Crippen molar-refractivity contribution in [3.63, 3.8) is 0 Å². The van der Waals surface area contributed by atoms with Crippen LogP contribution in [0.1, 0.15) is 15.9 Å². The van der Waals surface area contributed by atoms with E-state index in [0.717, 1.165) is 0 Å². The van der Waals surface area contributed by atoms with Crippen LogP contribution in [0.3, 0.4) is 0 Å². The van der Waals surface area contributed by atoms with Crippen LogP contribution in [0, 0.1) is 0 Å². The van der Waals surface area contributed by atoms with Gasteiger partial charge in [0.25, 0.3) is 0 Å². The number of carboxylic acids is 2. The Morgan fingerprint density at radius 3 is 2.71 bits per heavy atom. The monoisotopic (exact) mass is 350 g/mol. The summed E-state index contributed by atoms with van der Waals surface area (Å²) in [5.41, 5.74) is 0.611. The lowest BCUT2D eigenvalue weighted by Crippen LogP contribution is -2.70. The third-order valence-corrected chi connectivity index (χ3v) is 5.33. The van der Waals surface area contributed by atoms with Crippen molar-refractivity contribution in [2.75, 3.05) is 5.75 Å². The molecule has 0 spiro atoms. The molecule has 2 fully saturated rings. The molecule has 3 rings (SSSR count). The van der Waals surface area contributed by atoms with Crippen molar-refractivity contribution in [2.24, 2.45) is 0 Å². The third kappa shape index (κ3) is 2.82. The molecule has 126 valence electrons. The number of carboxylic acid groups (broad SMARTS) is 2. The second-order valence-electron chi connectivity index (χ2n) is 5.55. The van der Waals surface area contributed by atoms with Crippen LogP contribution in [-0.2, 0) is 20.8 Å². The van der Waals surface area contributed by atoms with E-state index in [9.17, 15) is 19.2 Å². The van der Waals surface area contributed by atoms with Gasteiger partial charge in [-0.3, -0.25) is 9.59 Å². The van der Waals surface area contributed by atoms with Gasteiger partial charge in [0, 0.05) is 5.75 Å². The smallest absolute Gasteiger partial charge is 0.335 e. The Bertz CT molecular complexity index is 736. The fraction of sp³-hybridized carbons (Fsp3) is 0.333. The van der Waals surface area contributed by atoms with Crippen molar-refractivity contribution in [3.8, 4) is 0 Å². The Balaban J connectivity index is 1.61. The molecule has 1 aromatic rings. The normalized spacial score (nSPS) is 24.9. The van der Waals surface area contributed by atoms with Gasteiger partial charge in [0.2, 0.25) is 11.8 Å². The first-order valence-electron chi connectivity index (χ1n) is 7.16. The van der Waals surface area contributed by atoms with Crippen LogP contribution >= 0.6 is 11.8 Å². The van der Waals surface area contributed by atoms with E-state index in [1.165, 1.54) is 28.8 Å². The number of aliphatic carboxylic acids is 1. The summed E-state index contributed by atoms with van der Waals surface area (Å²) >= 11 is 1.33. The fourth-order valence-electron chi connectivity index (χ4n) is 2.81. The Hall–Kier alpha value is -2.55. The van der Waals surface area contributed by atoms with Crippen LogP contribution < -0.4 is 5.32 Å². The summed E-state index contributed by atoms with van der Waals surface area (Å²) in [5, 5.41) is 20.2. The molecule has 0 bridgehead atoms. The second-order valence-corrected chi connectivity index (χ2v) is 6.70. The predicted molar refractivity (Wildman–Crippen MR) is 83.6 cm³/mol. The van der Waals surface area contributed by atoms with Crippen molar-refractivity contribution >= 4 is 35.5 Å². The van der Waals surface area contributed by atoms with E-state index in [-0.39, 0.29) is 17.4 Å². The Kier molecular flexibility index (Phi) is 4.18. The van der Waals surface area contributed by atoms with Crippen LogP contribution in [0.25, 0.3) is 0 Å². The van der Waals surface area contributed by atoms with E-state index in [4.69, 9.17) is 10.2 Å². The molecule has 2 heterocycles. The Morgan fingerprint density at radius 2 is 2.04 bits per heavy atom. The van der Waals surface area contributed by atoms with E-state index in [2.05, 4.69) is 5.32 Å². The zero-order valence-electron chi connectivity index (χ0n) is 12.3. The van der Waals surface area contributed by atoms with E-state index < -0.39 is 35.8 Å². The molecule has 2 amide bonds. The van der Waals surface area contributed by atoms with Gasteiger partial charge in [-0.05, 0) is 17.7 Å². The number of thioether (sulfide) groups is 1. The number of carbonyl (C=O) groups is 4. The molecule has 2 aliphatic heterocycles. The van der Waals surface area contributed by atoms with Gasteiger partial charge in [0.15, 0.2) is 0 Å². The summed E-state index contributed by atoms with van der Waals surface area (Å²) in [6.07, 6.45) is -0.0509. The average Bonchev–Trinajstić information content (AvgIpc) is 2.93. The summed E-state index contributed by atoms with van der Waals surface area (Å²) in [4.78, 5) is 47.4. The fourth-order valence-corrected chi connectivity index (χ4v) is 4.28. The highest BCUT2D eigenvalue weighted by Gasteiger charge is 2.57. The molecular weight excluding hydrogens is 336 g/mol. The van der Waals surface area contributed by atoms with E-state index in [0.29, 0.717) is 11.3 Å². The molecule has 24 heavy (non-hydrogen) atoms. The molecular formula is C15H14N2O6S. The number of β-lactam (4-membered cyclic amide) rings is 1. The number of aromatic carboxylic acids is 1. The first-order valence-corrected chi connectivity index (χ1v) is 8.21. The highest BCUT2D eigenvalue weighted by atomic mass is 32.2. The van der Waals surface area contributed by atoms with Gasteiger partial charge in [0.05, 0.1) is 12.0 Å². The first-order chi connectivity index (χ1) is 11.4. The molecule has 3 N–H and O–H groups in total. The standard InChI is InChI=1S/C15H14N2O6S/c18-10(5-7-2-1-3-8(4-7)14(20)21)16-11-12(19)17-9(15(22)23)6-24-13(11)17/h1-4,9,11,13H,5-6H2,(H,16,18)(H,20,21)(H,22,23). The second kappa shape index (κ2) is 6.16. The minimum Gasteiger partial charge on any atom is -0.480 e. The number of amides is 2. The van der Waals surface area contributed by atoms with E-state index in [1.807, 2.05) is 0 Å². The number of hydrogen-bond acceptors (Lipinski definition) is 5. The maximum atomic E-state index is 12.1. The molecule has 3 atom stereocenters. The molecule has 9 heteroatoms. The van der Waals surface area contributed by atoms with Gasteiger partial charge in [-0.15, -0.1) is 11.8 Å². The molecule has 1 aromatic carbocycles. The molecule has 0 saturated carbocycles. The van der Waals surface area contributed by atoms with Gasteiger partial charge in [-0.2, -0.15) is 0 Å². The van der Waals surface area contributed by atoms with Gasteiger partial charge in [-0.1, -0.05) is 12.1 Å². The van der Waals surface area contributed by atoms with Crippen LogP contribution in [0.15, 0.2) is 24.3 Å². The number of nitrogens with one attached hydrogen (secondary N) is 1. The highest BCUT2D eigenvalue weighted by molar-refractivity contribution is 8.00. The summed E-state index contributed by atoms with van der Waals surface area (Å²) in [7, 11) is 0. The first kappa shape index (κ1) is 16.3. The van der Waals surface area contributed by atoms with E-state index >= 15 is 0 Å². The molecule has 2 aliphatic rings. The Morgan fingerprint density at radius 1 is 1.29 bits per heavy atom. The van der Waals surface area contributed by atoms with Crippen LogP contribution in [0.2, 0.25) is 0 Å². The molecule has 0 radical (unpaired) electrons. The molecule has 2 saturated heterocycles. The lowest BCUT2D eigenvalue weighted by molar-refractivity contribution is -0.159. The summed E-state index contributed by atoms with van der Waals surface area (Å²) in [6, 6.07) is 4.44. The lowest BCUT2D eigenvalue weighted by atomic mass is 10.0. The largest absolute Gasteiger partial charge is 0.480 e. The highest BCUT2D eigenvalue weighted by Crippen LogP contribution is 2.39. The van der Waals surface area contributed by atoms with Crippen molar-refractivity contribution in [1.29, 1.82) is 0 Å². The zero-order valence-corrected chi connectivity index (χ0v) is 13.2. The average molecular weight is 350 g/mol. The van der Waals surface area contributed by atoms with Gasteiger partial charge < -0.3 is 20.4 Å². The molecule has 0 aromatic heterocycles. The topological polar surface area (TPSA) is 124 Å². The van der Waals surface area contributed by atoms with Crippen LogP contribution in [0.4, 0.5) is 0 Å². The summed E-state index contributed by atoms with van der Waals surface area (Å²) < 4.78 is 0. The quantitative estimate of drug-likeness (QED) is 0.627. The number of hydrogen-bond donors (Lipinski definition) is 3. The van der Waals surface area contributed by atoms with Crippen molar-refractivity contribution in [1.82, 2.24) is 10.2 Å². The maximum Gasteiger partial charge on any atom is 0.335 e. The number of benzene rings is 1. The van der Waals surface area contributed by atoms with E-state index in [1.54, 1.807) is 12.1 Å². The number of nitrogens with zero attached hydrogens (tertiary/aromatic N) is 1. The van der Waals surface area contributed by atoms with Crippen LogP contribution in [-0.4, -0.2) is 62.1 Å².